The van der Waals surface area contributed by atoms with Gasteiger partial charge < -0.3 is 10.6 Å². The van der Waals surface area contributed by atoms with Gasteiger partial charge in [-0.3, -0.25) is 0 Å². The van der Waals surface area contributed by atoms with Crippen LogP contribution < -0.4 is 10.6 Å². The van der Waals surface area contributed by atoms with Crippen molar-refractivity contribution in [2.75, 3.05) is 23.7 Å². The smallest absolute Gasteiger partial charge is 0.138 e. The molecule has 1 aliphatic rings. The minimum absolute atomic E-state index is 0.181. The second-order valence-electron chi connectivity index (χ2n) is 4.31. The van der Waals surface area contributed by atoms with Crippen LogP contribution in [0.5, 0.6) is 0 Å². The van der Waals surface area contributed by atoms with Crippen LogP contribution in [0.25, 0.3) is 0 Å². The van der Waals surface area contributed by atoms with Crippen molar-refractivity contribution < 1.29 is 4.39 Å². The number of hydrogen-bond acceptors (Lipinski definition) is 2. The van der Waals surface area contributed by atoms with Gasteiger partial charge in [0.05, 0.1) is 14.9 Å². The Morgan fingerprint density at radius 2 is 2.19 bits per heavy atom. The fourth-order valence-electron chi connectivity index (χ4n) is 1.84. The Hall–Kier alpha value is -0.520. The van der Waals surface area contributed by atoms with Gasteiger partial charge in [0, 0.05) is 19.2 Å². The summed E-state index contributed by atoms with van der Waals surface area (Å²) in [6.45, 7) is 3.96. The van der Waals surface area contributed by atoms with Crippen molar-refractivity contribution in [1.82, 2.24) is 0 Å². The molecule has 0 atom stereocenters. The monoisotopic (exact) mass is 334 g/mol. The molecule has 88 valence electrons. The van der Waals surface area contributed by atoms with E-state index in [9.17, 15) is 4.39 Å². The van der Waals surface area contributed by atoms with Gasteiger partial charge in [-0.1, -0.05) is 0 Å². The summed E-state index contributed by atoms with van der Waals surface area (Å²) in [4.78, 5) is 2.17. The summed E-state index contributed by atoms with van der Waals surface area (Å²) < 4.78 is 14.1. The summed E-state index contributed by atoms with van der Waals surface area (Å²) in [5.74, 6) is 0.598. The number of hydrogen-bond donors (Lipinski definition) is 1. The van der Waals surface area contributed by atoms with Crippen LogP contribution in [0.3, 0.4) is 0 Å². The maximum absolute atomic E-state index is 13.5. The molecule has 1 saturated carbocycles. The van der Waals surface area contributed by atoms with Crippen LogP contribution >= 0.6 is 22.6 Å². The topological polar surface area (TPSA) is 29.3 Å². The van der Waals surface area contributed by atoms with E-state index in [1.807, 2.05) is 22.6 Å². The molecule has 2 N–H and O–H groups in total. The number of nitrogens with two attached hydrogens (primary N) is 1. The first-order valence-electron chi connectivity index (χ1n) is 5.61. The van der Waals surface area contributed by atoms with Gasteiger partial charge in [-0.15, -0.1) is 0 Å². The van der Waals surface area contributed by atoms with Crippen LogP contribution in [0.1, 0.15) is 19.8 Å². The normalized spacial score (nSPS) is 15.2. The average Bonchev–Trinajstić information content (AvgIpc) is 3.04. The highest BCUT2D eigenvalue weighted by molar-refractivity contribution is 14.1. The SMILES string of the molecule is CCN(CC1CC1)c1cc(F)c(I)cc1N. The van der Waals surface area contributed by atoms with Crippen molar-refractivity contribution >= 4 is 34.0 Å². The summed E-state index contributed by atoms with van der Waals surface area (Å²) >= 11 is 1.97. The fourth-order valence-corrected chi connectivity index (χ4v) is 2.33. The number of anilines is 2. The lowest BCUT2D eigenvalue weighted by Crippen LogP contribution is -2.26. The van der Waals surface area contributed by atoms with Gasteiger partial charge in [0.15, 0.2) is 0 Å². The third-order valence-electron chi connectivity index (χ3n) is 2.97. The zero-order chi connectivity index (χ0) is 11.7. The van der Waals surface area contributed by atoms with Crippen molar-refractivity contribution in [3.8, 4) is 0 Å². The molecule has 1 aromatic rings. The minimum Gasteiger partial charge on any atom is -0.397 e. The molecule has 0 saturated heterocycles. The largest absolute Gasteiger partial charge is 0.397 e. The molecule has 0 aliphatic heterocycles. The van der Waals surface area contributed by atoms with Crippen LogP contribution in [0.15, 0.2) is 12.1 Å². The number of nitrogens with zero attached hydrogens (tertiary/aromatic N) is 1. The summed E-state index contributed by atoms with van der Waals surface area (Å²) in [6.07, 6.45) is 2.59. The standard InChI is InChI=1S/C12H16FIN2/c1-2-16(7-8-3-4-8)12-5-9(13)10(14)6-11(12)15/h5-6,8H,2-4,7,15H2,1H3. The molecule has 1 fully saturated rings. The van der Waals surface area contributed by atoms with Crippen LogP contribution in [0.4, 0.5) is 15.8 Å². The lowest BCUT2D eigenvalue weighted by Gasteiger charge is -2.24. The van der Waals surface area contributed by atoms with Gasteiger partial charge >= 0.3 is 0 Å². The van der Waals surface area contributed by atoms with Crippen molar-refractivity contribution in [2.24, 2.45) is 5.92 Å². The highest BCUT2D eigenvalue weighted by atomic mass is 127. The molecule has 0 aromatic heterocycles. The maximum Gasteiger partial charge on any atom is 0.138 e. The second kappa shape index (κ2) is 4.77. The fraction of sp³-hybridized carbons (Fsp3) is 0.500. The Morgan fingerprint density at radius 3 is 2.75 bits per heavy atom. The van der Waals surface area contributed by atoms with E-state index >= 15 is 0 Å². The molecule has 0 heterocycles. The second-order valence-corrected chi connectivity index (χ2v) is 5.47. The van der Waals surface area contributed by atoms with E-state index in [0.29, 0.717) is 9.26 Å². The summed E-state index contributed by atoms with van der Waals surface area (Å²) in [5, 5.41) is 0. The molecular weight excluding hydrogens is 318 g/mol. The first-order chi connectivity index (χ1) is 7.61. The third kappa shape index (κ3) is 2.59. The van der Waals surface area contributed by atoms with Gasteiger partial charge in [0.25, 0.3) is 0 Å². The van der Waals surface area contributed by atoms with Crippen LogP contribution in [-0.4, -0.2) is 13.1 Å². The molecule has 0 bridgehead atoms. The number of nitrogen functional groups attached to an aromatic ring is 1. The molecule has 1 aromatic carbocycles. The highest BCUT2D eigenvalue weighted by Gasteiger charge is 2.24. The van der Waals surface area contributed by atoms with Crippen molar-refractivity contribution in [1.29, 1.82) is 0 Å². The lowest BCUT2D eigenvalue weighted by molar-refractivity contribution is 0.618. The molecular formula is C12H16FIN2. The Balaban J connectivity index is 2.25. The first-order valence-corrected chi connectivity index (χ1v) is 6.69. The van der Waals surface area contributed by atoms with E-state index in [1.54, 1.807) is 12.1 Å². The molecule has 0 unspecified atom stereocenters. The first kappa shape index (κ1) is 12.0. The van der Waals surface area contributed by atoms with E-state index in [4.69, 9.17) is 5.73 Å². The van der Waals surface area contributed by atoms with Gasteiger partial charge in [-0.25, -0.2) is 4.39 Å². The van der Waals surface area contributed by atoms with E-state index in [-0.39, 0.29) is 5.82 Å². The Labute approximate surface area is 109 Å². The Morgan fingerprint density at radius 1 is 1.50 bits per heavy atom. The molecule has 16 heavy (non-hydrogen) atoms. The number of benzene rings is 1. The van der Waals surface area contributed by atoms with E-state index in [0.717, 1.165) is 24.7 Å². The Kier molecular flexibility index (Phi) is 3.56. The van der Waals surface area contributed by atoms with Crippen LogP contribution in [0, 0.1) is 15.3 Å². The molecule has 0 amide bonds. The predicted molar refractivity (Wildman–Crippen MR) is 74.1 cm³/mol. The summed E-state index contributed by atoms with van der Waals surface area (Å²) in [6, 6.07) is 3.27. The van der Waals surface area contributed by atoms with Crippen molar-refractivity contribution in [3.05, 3.63) is 21.5 Å². The van der Waals surface area contributed by atoms with Gasteiger partial charge in [-0.2, -0.15) is 0 Å². The maximum atomic E-state index is 13.5. The minimum atomic E-state index is -0.181. The number of halogens is 2. The van der Waals surface area contributed by atoms with Gasteiger partial charge in [0.1, 0.15) is 5.82 Å². The van der Waals surface area contributed by atoms with Crippen LogP contribution in [0.2, 0.25) is 0 Å². The lowest BCUT2D eigenvalue weighted by atomic mass is 10.2. The zero-order valence-electron chi connectivity index (χ0n) is 9.34. The van der Waals surface area contributed by atoms with Crippen LogP contribution in [-0.2, 0) is 0 Å². The average molecular weight is 334 g/mol. The van der Waals surface area contributed by atoms with Gasteiger partial charge in [0.2, 0.25) is 0 Å². The highest BCUT2D eigenvalue weighted by Crippen LogP contribution is 2.34. The zero-order valence-corrected chi connectivity index (χ0v) is 11.5. The van der Waals surface area contributed by atoms with E-state index < -0.39 is 0 Å². The molecule has 0 radical (unpaired) electrons. The Bertz CT molecular complexity index is 391. The molecule has 1 aliphatic carbocycles. The third-order valence-corrected chi connectivity index (χ3v) is 3.79. The van der Waals surface area contributed by atoms with Crippen molar-refractivity contribution in [2.45, 2.75) is 19.8 Å². The molecule has 0 spiro atoms. The van der Waals surface area contributed by atoms with Crippen molar-refractivity contribution in [3.63, 3.8) is 0 Å². The van der Waals surface area contributed by atoms with Gasteiger partial charge in [-0.05, 0) is 54.3 Å². The van der Waals surface area contributed by atoms with E-state index in [1.165, 1.54) is 12.8 Å². The molecule has 4 heteroatoms. The quantitative estimate of drug-likeness (QED) is 0.677. The van der Waals surface area contributed by atoms with E-state index in [2.05, 4.69) is 11.8 Å². The number of rotatable bonds is 4. The summed E-state index contributed by atoms with van der Waals surface area (Å²) in [7, 11) is 0. The summed E-state index contributed by atoms with van der Waals surface area (Å²) in [5.41, 5.74) is 7.46. The molecule has 2 nitrogen and oxygen atoms in total. The molecule has 2 rings (SSSR count). The predicted octanol–water partition coefficient (Wildman–Crippen LogP) is 3.25.